The lowest BCUT2D eigenvalue weighted by Gasteiger charge is -2.18. The Labute approximate surface area is 173 Å². The molecule has 3 N–H and O–H groups in total. The first-order valence-corrected chi connectivity index (χ1v) is 9.83. The lowest BCUT2D eigenvalue weighted by atomic mass is 10.0. The Balaban J connectivity index is 1.60. The molecular weight excluding hydrogens is 376 g/mol. The number of rotatable bonds is 6. The van der Waals surface area contributed by atoms with Crippen LogP contribution in [0.3, 0.4) is 0 Å². The Kier molecular flexibility index (Phi) is 4.61. The SMILES string of the molecule is CNCCN(C)c1cncc2[nH]c(-c3n[nH]c4ccc(-c5cccnc5)cc34)nc12. The molecule has 0 aliphatic heterocycles. The number of fused-ring (bicyclic) bond motifs is 2. The van der Waals surface area contributed by atoms with E-state index in [0.29, 0.717) is 0 Å². The summed E-state index contributed by atoms with van der Waals surface area (Å²) in [6.07, 6.45) is 7.29. The number of likely N-dealkylation sites (N-methyl/N-ethyl adjacent to an activating group) is 2. The van der Waals surface area contributed by atoms with Crippen molar-refractivity contribution in [3.63, 3.8) is 0 Å². The molecule has 8 nitrogen and oxygen atoms in total. The van der Waals surface area contributed by atoms with Crippen LogP contribution < -0.4 is 10.2 Å². The van der Waals surface area contributed by atoms with Crippen molar-refractivity contribution in [3.05, 3.63) is 55.1 Å². The quantitative estimate of drug-likeness (QED) is 0.406. The minimum Gasteiger partial charge on any atom is -0.370 e. The van der Waals surface area contributed by atoms with Crippen LogP contribution in [0.25, 0.3) is 44.6 Å². The van der Waals surface area contributed by atoms with Crippen molar-refractivity contribution in [2.75, 3.05) is 32.1 Å². The summed E-state index contributed by atoms with van der Waals surface area (Å²) in [5.41, 5.74) is 6.66. The molecule has 0 fully saturated rings. The predicted octanol–water partition coefficient (Wildman–Crippen LogP) is 3.22. The number of imidazole rings is 1. The number of aromatic amines is 2. The van der Waals surface area contributed by atoms with Gasteiger partial charge in [0, 0.05) is 43.5 Å². The molecule has 30 heavy (non-hydrogen) atoms. The second kappa shape index (κ2) is 7.57. The summed E-state index contributed by atoms with van der Waals surface area (Å²) in [6.45, 7) is 1.74. The first-order valence-electron chi connectivity index (χ1n) is 9.83. The summed E-state index contributed by atoms with van der Waals surface area (Å²) < 4.78 is 0. The van der Waals surface area contributed by atoms with E-state index in [1.807, 2.05) is 44.7 Å². The number of nitrogens with zero attached hydrogens (tertiary/aromatic N) is 5. The molecule has 0 aliphatic carbocycles. The summed E-state index contributed by atoms with van der Waals surface area (Å²) in [6, 6.07) is 10.2. The zero-order valence-electron chi connectivity index (χ0n) is 16.8. The minimum absolute atomic E-state index is 0.718. The normalized spacial score (nSPS) is 11.4. The smallest absolute Gasteiger partial charge is 0.159 e. The largest absolute Gasteiger partial charge is 0.370 e. The number of anilines is 1. The second-order valence-electron chi connectivity index (χ2n) is 7.24. The van der Waals surface area contributed by atoms with Crippen molar-refractivity contribution in [2.24, 2.45) is 0 Å². The highest BCUT2D eigenvalue weighted by atomic mass is 15.2. The van der Waals surface area contributed by atoms with Gasteiger partial charge in [0.1, 0.15) is 11.2 Å². The van der Waals surface area contributed by atoms with E-state index in [1.54, 1.807) is 12.4 Å². The zero-order chi connectivity index (χ0) is 20.5. The standard InChI is InChI=1S/C22H22N8/c1-23-8-9-30(2)19-13-25-12-18-21(19)27-22(26-18)20-16-10-14(5-6-17(16)28-29-20)15-4-3-7-24-11-15/h3-7,10-13,23H,8-9H2,1-2H3,(H,26,27)(H,28,29). The predicted molar refractivity (Wildman–Crippen MR) is 119 cm³/mol. The average molecular weight is 398 g/mol. The molecule has 0 saturated heterocycles. The molecule has 4 aromatic heterocycles. The van der Waals surface area contributed by atoms with Crippen LogP contribution in [-0.4, -0.2) is 57.3 Å². The number of aromatic nitrogens is 6. The highest BCUT2D eigenvalue weighted by Gasteiger charge is 2.16. The van der Waals surface area contributed by atoms with Crippen molar-refractivity contribution < 1.29 is 0 Å². The Hall–Kier alpha value is -3.78. The van der Waals surface area contributed by atoms with Crippen LogP contribution >= 0.6 is 0 Å². The molecule has 0 bridgehead atoms. The molecule has 0 radical (unpaired) electrons. The number of hydrogen-bond acceptors (Lipinski definition) is 6. The van der Waals surface area contributed by atoms with Crippen molar-refractivity contribution in [1.82, 2.24) is 35.5 Å². The molecule has 0 atom stereocenters. The maximum atomic E-state index is 4.88. The number of H-pyrrole nitrogens is 2. The van der Waals surface area contributed by atoms with Gasteiger partial charge in [0.15, 0.2) is 5.82 Å². The first-order chi connectivity index (χ1) is 14.7. The first kappa shape index (κ1) is 18.3. The molecule has 0 aliphatic rings. The van der Waals surface area contributed by atoms with Crippen molar-refractivity contribution in [1.29, 1.82) is 0 Å². The van der Waals surface area contributed by atoms with E-state index < -0.39 is 0 Å². The monoisotopic (exact) mass is 398 g/mol. The molecule has 8 heteroatoms. The molecule has 0 saturated carbocycles. The van der Waals surface area contributed by atoms with E-state index in [0.717, 1.165) is 63.4 Å². The van der Waals surface area contributed by atoms with E-state index in [2.05, 4.69) is 47.5 Å². The topological polar surface area (TPSA) is 98.4 Å². The van der Waals surface area contributed by atoms with E-state index in [1.165, 1.54) is 0 Å². The zero-order valence-corrected chi connectivity index (χ0v) is 16.8. The average Bonchev–Trinajstić information content (AvgIpc) is 3.41. The van der Waals surface area contributed by atoms with Crippen LogP contribution in [0.15, 0.2) is 55.1 Å². The van der Waals surface area contributed by atoms with Gasteiger partial charge in [0.2, 0.25) is 0 Å². The molecule has 0 spiro atoms. The van der Waals surface area contributed by atoms with Gasteiger partial charge in [-0.1, -0.05) is 12.1 Å². The van der Waals surface area contributed by atoms with E-state index in [4.69, 9.17) is 4.98 Å². The van der Waals surface area contributed by atoms with Gasteiger partial charge in [0.25, 0.3) is 0 Å². The third-order valence-corrected chi connectivity index (χ3v) is 5.27. The molecule has 5 rings (SSSR count). The summed E-state index contributed by atoms with van der Waals surface area (Å²) in [4.78, 5) is 19.0. The third-order valence-electron chi connectivity index (χ3n) is 5.27. The molecule has 0 amide bonds. The Bertz CT molecular complexity index is 1300. The Morgan fingerprint density at radius 2 is 1.97 bits per heavy atom. The van der Waals surface area contributed by atoms with Crippen molar-refractivity contribution >= 4 is 27.6 Å². The Morgan fingerprint density at radius 3 is 2.80 bits per heavy atom. The number of benzene rings is 1. The van der Waals surface area contributed by atoms with Gasteiger partial charge in [-0.25, -0.2) is 4.98 Å². The molecule has 5 aromatic rings. The minimum atomic E-state index is 0.718. The lowest BCUT2D eigenvalue weighted by molar-refractivity contribution is 0.768. The van der Waals surface area contributed by atoms with Gasteiger partial charge in [-0.2, -0.15) is 5.10 Å². The van der Waals surface area contributed by atoms with Crippen LogP contribution in [0.4, 0.5) is 5.69 Å². The van der Waals surface area contributed by atoms with Gasteiger partial charge in [-0.15, -0.1) is 0 Å². The van der Waals surface area contributed by atoms with Crippen molar-refractivity contribution in [2.45, 2.75) is 0 Å². The van der Waals surface area contributed by atoms with Gasteiger partial charge >= 0.3 is 0 Å². The summed E-state index contributed by atoms with van der Waals surface area (Å²) >= 11 is 0. The fourth-order valence-corrected chi connectivity index (χ4v) is 3.62. The number of hydrogen-bond donors (Lipinski definition) is 3. The van der Waals surface area contributed by atoms with Gasteiger partial charge < -0.3 is 15.2 Å². The van der Waals surface area contributed by atoms with E-state index >= 15 is 0 Å². The maximum absolute atomic E-state index is 4.88. The number of pyridine rings is 2. The third kappa shape index (κ3) is 3.17. The van der Waals surface area contributed by atoms with E-state index in [9.17, 15) is 0 Å². The summed E-state index contributed by atoms with van der Waals surface area (Å²) in [5, 5.41) is 11.8. The van der Waals surface area contributed by atoms with Gasteiger partial charge in [0.05, 0.1) is 29.1 Å². The van der Waals surface area contributed by atoms with Crippen molar-refractivity contribution in [3.8, 4) is 22.6 Å². The summed E-state index contributed by atoms with van der Waals surface area (Å²) in [7, 11) is 3.99. The molecule has 150 valence electrons. The molecule has 4 heterocycles. The molecule has 1 aromatic carbocycles. The fourth-order valence-electron chi connectivity index (χ4n) is 3.62. The van der Waals surface area contributed by atoms with E-state index in [-0.39, 0.29) is 0 Å². The maximum Gasteiger partial charge on any atom is 0.159 e. The summed E-state index contributed by atoms with van der Waals surface area (Å²) in [5.74, 6) is 0.718. The second-order valence-corrected chi connectivity index (χ2v) is 7.24. The van der Waals surface area contributed by atoms with Crippen LogP contribution in [0.1, 0.15) is 0 Å². The molecule has 0 unspecified atom stereocenters. The fraction of sp³-hybridized carbons (Fsp3) is 0.182. The van der Waals surface area contributed by atoms with Gasteiger partial charge in [-0.05, 0) is 30.8 Å². The molecular formula is C22H22N8. The Morgan fingerprint density at radius 1 is 1.03 bits per heavy atom. The van der Waals surface area contributed by atoms with Crippen LogP contribution in [-0.2, 0) is 0 Å². The number of nitrogens with one attached hydrogen (secondary N) is 3. The van der Waals surface area contributed by atoms with Crippen LogP contribution in [0, 0.1) is 0 Å². The highest BCUT2D eigenvalue weighted by molar-refractivity contribution is 5.97. The van der Waals surface area contributed by atoms with Gasteiger partial charge in [-0.3, -0.25) is 15.1 Å². The van der Waals surface area contributed by atoms with Crippen LogP contribution in [0.5, 0.6) is 0 Å². The lowest BCUT2D eigenvalue weighted by Crippen LogP contribution is -2.27. The van der Waals surface area contributed by atoms with Crippen LogP contribution in [0.2, 0.25) is 0 Å². The highest BCUT2D eigenvalue weighted by Crippen LogP contribution is 2.31.